The van der Waals surface area contributed by atoms with E-state index in [0.29, 0.717) is 22.8 Å². The van der Waals surface area contributed by atoms with Crippen LogP contribution in [0.4, 0.5) is 5.69 Å². The van der Waals surface area contributed by atoms with Gasteiger partial charge in [0.05, 0.1) is 10.5 Å². The zero-order valence-electron chi connectivity index (χ0n) is 14.1. The Bertz CT molecular complexity index is 1160. The Morgan fingerprint density at radius 1 is 1.14 bits per heavy atom. The number of hydrogen-bond acceptors (Lipinski definition) is 7. The summed E-state index contributed by atoms with van der Waals surface area (Å²) >= 11 is 5.73. The van der Waals surface area contributed by atoms with Gasteiger partial charge in [-0.15, -0.1) is 0 Å². The Labute approximate surface area is 162 Å². The maximum Gasteiger partial charge on any atom is 0.338 e. The highest BCUT2D eigenvalue weighted by molar-refractivity contribution is 6.32. The minimum Gasteiger partial charge on any atom is -0.455 e. The molecular weight excluding hydrogens is 388 g/mol. The summed E-state index contributed by atoms with van der Waals surface area (Å²) in [7, 11) is 0. The molecule has 28 heavy (non-hydrogen) atoms. The van der Waals surface area contributed by atoms with Crippen LogP contribution in [0.15, 0.2) is 63.5 Å². The van der Waals surface area contributed by atoms with E-state index in [-0.39, 0.29) is 22.9 Å². The van der Waals surface area contributed by atoms with Gasteiger partial charge in [-0.25, -0.2) is 4.79 Å². The number of nitro benzene ring substituents is 1. The average molecular weight is 399 g/mol. The monoisotopic (exact) mass is 398 g/mol. The van der Waals surface area contributed by atoms with Crippen molar-refractivity contribution < 1.29 is 23.4 Å². The summed E-state index contributed by atoms with van der Waals surface area (Å²) < 4.78 is 16.1. The first-order valence-corrected chi connectivity index (χ1v) is 8.44. The van der Waals surface area contributed by atoms with E-state index in [1.54, 1.807) is 6.07 Å². The molecular formula is C19H11ClN2O6. The summed E-state index contributed by atoms with van der Waals surface area (Å²) in [6.45, 7) is -0.168. The highest BCUT2D eigenvalue weighted by atomic mass is 35.5. The Balaban J connectivity index is 1.46. The van der Waals surface area contributed by atoms with Crippen molar-refractivity contribution >= 4 is 34.2 Å². The molecule has 9 heteroatoms. The number of para-hydroxylation sites is 1. The summed E-state index contributed by atoms with van der Waals surface area (Å²) in [5.41, 5.74) is 0.723. The zero-order valence-corrected chi connectivity index (χ0v) is 14.9. The number of carbonyl (C=O) groups excluding carboxylic acids is 1. The van der Waals surface area contributed by atoms with Crippen LogP contribution < -0.4 is 0 Å². The highest BCUT2D eigenvalue weighted by Crippen LogP contribution is 2.28. The van der Waals surface area contributed by atoms with Gasteiger partial charge in [0.25, 0.3) is 5.69 Å². The van der Waals surface area contributed by atoms with Gasteiger partial charge >= 0.3 is 5.97 Å². The number of carbonyl (C=O) groups is 1. The van der Waals surface area contributed by atoms with Crippen molar-refractivity contribution in [3.8, 4) is 11.5 Å². The molecule has 0 radical (unpaired) electrons. The Hall–Kier alpha value is -3.65. The van der Waals surface area contributed by atoms with Crippen LogP contribution in [0.5, 0.6) is 0 Å². The molecule has 2 aromatic heterocycles. The van der Waals surface area contributed by atoms with Crippen molar-refractivity contribution in [2.24, 2.45) is 0 Å². The lowest BCUT2D eigenvalue weighted by Gasteiger charge is -2.03. The number of fused-ring (bicyclic) bond motifs is 1. The number of nitrogens with zero attached hydrogens (tertiary/aromatic N) is 2. The third-order valence-corrected chi connectivity index (χ3v) is 4.28. The molecule has 0 saturated carbocycles. The van der Waals surface area contributed by atoms with Crippen molar-refractivity contribution in [2.45, 2.75) is 6.61 Å². The van der Waals surface area contributed by atoms with Gasteiger partial charge in [-0.3, -0.25) is 10.1 Å². The van der Waals surface area contributed by atoms with E-state index < -0.39 is 10.9 Å². The van der Waals surface area contributed by atoms with E-state index >= 15 is 0 Å². The first kappa shape index (κ1) is 17.7. The first-order chi connectivity index (χ1) is 13.5. The lowest BCUT2D eigenvalue weighted by molar-refractivity contribution is -0.384. The van der Waals surface area contributed by atoms with Crippen LogP contribution in [0.25, 0.3) is 22.5 Å². The molecule has 2 aromatic carbocycles. The second-order valence-corrected chi connectivity index (χ2v) is 6.24. The lowest BCUT2D eigenvalue weighted by Crippen LogP contribution is -2.06. The number of esters is 1. The molecule has 0 saturated heterocycles. The van der Waals surface area contributed by atoms with E-state index in [4.69, 9.17) is 25.3 Å². The van der Waals surface area contributed by atoms with Crippen LogP contribution >= 0.6 is 11.6 Å². The first-order valence-electron chi connectivity index (χ1n) is 8.07. The summed E-state index contributed by atoms with van der Waals surface area (Å²) in [4.78, 5) is 22.4. The van der Waals surface area contributed by atoms with Gasteiger partial charge < -0.3 is 13.7 Å². The van der Waals surface area contributed by atoms with Gasteiger partial charge in [0.1, 0.15) is 22.9 Å². The second kappa shape index (κ2) is 7.16. The van der Waals surface area contributed by atoms with Gasteiger partial charge in [0, 0.05) is 17.5 Å². The van der Waals surface area contributed by atoms with Gasteiger partial charge in [-0.05, 0) is 24.3 Å². The number of hydrogen-bond donors (Lipinski definition) is 0. The van der Waals surface area contributed by atoms with Crippen LogP contribution in [0.1, 0.15) is 16.1 Å². The van der Waals surface area contributed by atoms with E-state index in [0.717, 1.165) is 11.5 Å². The van der Waals surface area contributed by atoms with Crippen molar-refractivity contribution in [2.75, 3.05) is 0 Å². The predicted octanol–water partition coefficient (Wildman–Crippen LogP) is 5.01. The Morgan fingerprint density at radius 3 is 2.75 bits per heavy atom. The lowest BCUT2D eigenvalue weighted by atomic mass is 10.2. The average Bonchev–Trinajstić information content (AvgIpc) is 3.32. The number of rotatable bonds is 5. The summed E-state index contributed by atoms with van der Waals surface area (Å²) in [6, 6.07) is 14.6. The highest BCUT2D eigenvalue weighted by Gasteiger charge is 2.18. The third kappa shape index (κ3) is 3.45. The maximum atomic E-state index is 12.1. The maximum absolute atomic E-state index is 12.1. The summed E-state index contributed by atoms with van der Waals surface area (Å²) in [6.07, 6.45) is 0. The normalized spacial score (nSPS) is 10.9. The van der Waals surface area contributed by atoms with Crippen LogP contribution in [0.2, 0.25) is 5.02 Å². The topological polar surface area (TPSA) is 109 Å². The summed E-state index contributed by atoms with van der Waals surface area (Å²) in [5, 5.41) is 15.6. The van der Waals surface area contributed by atoms with E-state index in [9.17, 15) is 14.9 Å². The minimum absolute atomic E-state index is 0.0112. The number of benzene rings is 2. The molecule has 0 unspecified atom stereocenters. The fraction of sp³-hybridized carbons (Fsp3) is 0.0526. The molecule has 0 aliphatic rings. The van der Waals surface area contributed by atoms with Crippen molar-refractivity contribution in [1.29, 1.82) is 0 Å². The van der Waals surface area contributed by atoms with Crippen molar-refractivity contribution in [3.63, 3.8) is 0 Å². The molecule has 0 N–H and O–H groups in total. The largest absolute Gasteiger partial charge is 0.455 e. The minimum atomic E-state index is -0.743. The van der Waals surface area contributed by atoms with Gasteiger partial charge in [-0.2, -0.15) is 0 Å². The summed E-state index contributed by atoms with van der Waals surface area (Å²) in [5.74, 6) is 0.150. The molecule has 0 atom stereocenters. The number of aromatic nitrogens is 1. The molecule has 0 spiro atoms. The molecule has 0 bridgehead atoms. The van der Waals surface area contributed by atoms with Crippen LogP contribution in [-0.4, -0.2) is 16.0 Å². The number of ether oxygens (including phenoxy) is 1. The second-order valence-electron chi connectivity index (χ2n) is 5.83. The smallest absolute Gasteiger partial charge is 0.338 e. The molecule has 0 aliphatic heterocycles. The fourth-order valence-corrected chi connectivity index (χ4v) is 2.79. The Morgan fingerprint density at radius 2 is 1.96 bits per heavy atom. The number of furan rings is 1. The quantitative estimate of drug-likeness (QED) is 0.264. The van der Waals surface area contributed by atoms with Crippen molar-refractivity contribution in [1.82, 2.24) is 5.16 Å². The number of nitro groups is 1. The third-order valence-electron chi connectivity index (χ3n) is 3.96. The van der Waals surface area contributed by atoms with Crippen LogP contribution in [0, 0.1) is 10.1 Å². The van der Waals surface area contributed by atoms with E-state index in [1.807, 2.05) is 30.3 Å². The van der Waals surface area contributed by atoms with E-state index in [2.05, 4.69) is 5.16 Å². The molecule has 0 amide bonds. The molecule has 4 aromatic rings. The van der Waals surface area contributed by atoms with Crippen molar-refractivity contribution in [3.05, 3.63) is 81.0 Å². The van der Waals surface area contributed by atoms with Gasteiger partial charge in [-0.1, -0.05) is 35.0 Å². The molecule has 0 fully saturated rings. The Kier molecular flexibility index (Phi) is 4.54. The fourth-order valence-electron chi connectivity index (χ4n) is 2.60. The van der Waals surface area contributed by atoms with Crippen LogP contribution in [-0.2, 0) is 11.3 Å². The molecule has 0 aliphatic carbocycles. The molecule has 8 nitrogen and oxygen atoms in total. The SMILES string of the molecule is O=C(OCc1cc(-c2cc3ccccc3o2)on1)c1ccc(Cl)c([N+](=O)[O-])c1. The van der Waals surface area contributed by atoms with E-state index in [1.165, 1.54) is 12.1 Å². The molecule has 4 rings (SSSR count). The molecule has 2 heterocycles. The van der Waals surface area contributed by atoms with Crippen LogP contribution in [0.3, 0.4) is 0 Å². The van der Waals surface area contributed by atoms with Gasteiger partial charge in [0.15, 0.2) is 5.76 Å². The standard InChI is InChI=1S/C19H11ClN2O6/c20-14-6-5-12(7-15(14)22(24)25)19(23)26-10-13-9-18(28-21-13)17-8-11-3-1-2-4-16(11)27-17/h1-9H,10H2. The molecule has 140 valence electrons. The zero-order chi connectivity index (χ0) is 19.7. The number of halogens is 1. The van der Waals surface area contributed by atoms with Gasteiger partial charge in [0.2, 0.25) is 5.76 Å². The predicted molar refractivity (Wildman–Crippen MR) is 98.9 cm³/mol.